The number of aromatic nitrogens is 3. The summed E-state index contributed by atoms with van der Waals surface area (Å²) in [6.07, 6.45) is 5.48. The van der Waals surface area contributed by atoms with Crippen molar-refractivity contribution in [1.29, 1.82) is 0 Å². The second-order valence-electron chi connectivity index (χ2n) is 5.88. The fourth-order valence-electron chi connectivity index (χ4n) is 3.46. The minimum absolute atomic E-state index is 0.859. The van der Waals surface area contributed by atoms with E-state index < -0.39 is 0 Å². The summed E-state index contributed by atoms with van der Waals surface area (Å²) in [6, 6.07) is 6.15. The number of methoxy groups -OCH3 is 1. The minimum atomic E-state index is 0.859. The van der Waals surface area contributed by atoms with E-state index in [1.165, 1.54) is 19.3 Å². The van der Waals surface area contributed by atoms with E-state index in [9.17, 15) is 0 Å². The number of hydrogen-bond acceptors (Lipinski definition) is 4. The molecular formula is C17H20N4O. The van der Waals surface area contributed by atoms with Crippen LogP contribution in [0, 0.1) is 0 Å². The highest BCUT2D eigenvalue weighted by molar-refractivity contribution is 6.09. The highest BCUT2D eigenvalue weighted by Gasteiger charge is 2.20. The van der Waals surface area contributed by atoms with Gasteiger partial charge in [-0.25, -0.2) is 9.97 Å². The SMILES string of the molecule is COc1ccc2c(c1)c1ncnc(N3CCCCC3)c1n2C. The summed E-state index contributed by atoms with van der Waals surface area (Å²) >= 11 is 0. The van der Waals surface area contributed by atoms with E-state index in [2.05, 4.69) is 38.6 Å². The van der Waals surface area contributed by atoms with Crippen molar-refractivity contribution in [3.8, 4) is 5.75 Å². The van der Waals surface area contributed by atoms with Crippen LogP contribution in [0.2, 0.25) is 0 Å². The number of benzene rings is 1. The molecule has 1 aliphatic rings. The molecule has 2 aromatic heterocycles. The van der Waals surface area contributed by atoms with Gasteiger partial charge in [0.05, 0.1) is 12.6 Å². The smallest absolute Gasteiger partial charge is 0.156 e. The Labute approximate surface area is 129 Å². The van der Waals surface area contributed by atoms with E-state index >= 15 is 0 Å². The summed E-state index contributed by atoms with van der Waals surface area (Å²) in [7, 11) is 3.79. The van der Waals surface area contributed by atoms with E-state index in [0.29, 0.717) is 0 Å². The molecule has 0 atom stereocenters. The summed E-state index contributed by atoms with van der Waals surface area (Å²) in [5, 5.41) is 1.12. The molecule has 3 aromatic rings. The number of anilines is 1. The van der Waals surface area contributed by atoms with Gasteiger partial charge in [-0.05, 0) is 37.5 Å². The second kappa shape index (κ2) is 5.16. The molecule has 0 N–H and O–H groups in total. The highest BCUT2D eigenvalue weighted by Crippen LogP contribution is 2.34. The zero-order valence-electron chi connectivity index (χ0n) is 13.0. The Bertz CT molecular complexity index is 833. The van der Waals surface area contributed by atoms with Crippen molar-refractivity contribution in [3.63, 3.8) is 0 Å². The Kier molecular flexibility index (Phi) is 3.13. The van der Waals surface area contributed by atoms with Gasteiger partial charge >= 0.3 is 0 Å². The summed E-state index contributed by atoms with van der Waals surface area (Å²) in [4.78, 5) is 11.5. The molecule has 0 bridgehead atoms. The number of aryl methyl sites for hydroxylation is 1. The van der Waals surface area contributed by atoms with Crippen molar-refractivity contribution >= 4 is 27.8 Å². The summed E-state index contributed by atoms with van der Waals surface area (Å²) in [6.45, 7) is 2.16. The number of hydrogen-bond donors (Lipinski definition) is 0. The molecule has 0 spiro atoms. The lowest BCUT2D eigenvalue weighted by atomic mass is 10.1. The van der Waals surface area contributed by atoms with Gasteiger partial charge in [0.15, 0.2) is 5.82 Å². The number of ether oxygens (including phenoxy) is 1. The van der Waals surface area contributed by atoms with Gasteiger partial charge in [0.2, 0.25) is 0 Å². The van der Waals surface area contributed by atoms with Gasteiger partial charge in [0.1, 0.15) is 23.1 Å². The Morgan fingerprint density at radius 2 is 1.91 bits per heavy atom. The largest absolute Gasteiger partial charge is 0.497 e. The third-order valence-corrected chi connectivity index (χ3v) is 4.61. The predicted molar refractivity (Wildman–Crippen MR) is 88.6 cm³/mol. The number of nitrogens with zero attached hydrogens (tertiary/aromatic N) is 4. The van der Waals surface area contributed by atoms with Gasteiger partial charge in [-0.3, -0.25) is 0 Å². The number of fused-ring (bicyclic) bond motifs is 3. The summed E-state index contributed by atoms with van der Waals surface area (Å²) in [5.74, 6) is 1.92. The van der Waals surface area contributed by atoms with Crippen LogP contribution in [0.5, 0.6) is 5.75 Å². The van der Waals surface area contributed by atoms with Gasteiger partial charge in [-0.1, -0.05) is 0 Å². The molecule has 3 heterocycles. The third-order valence-electron chi connectivity index (χ3n) is 4.61. The van der Waals surface area contributed by atoms with Crippen LogP contribution in [0.4, 0.5) is 5.82 Å². The standard InChI is InChI=1S/C17H20N4O/c1-20-14-7-6-12(22-2)10-13(14)15-16(20)17(19-11-18-15)21-8-4-3-5-9-21/h6-7,10-11H,3-5,8-9H2,1-2H3. The first-order chi connectivity index (χ1) is 10.8. The van der Waals surface area contributed by atoms with Crippen LogP contribution in [0.25, 0.3) is 21.9 Å². The molecule has 5 heteroatoms. The quantitative estimate of drug-likeness (QED) is 0.729. The molecule has 1 saturated heterocycles. The minimum Gasteiger partial charge on any atom is -0.497 e. The lowest BCUT2D eigenvalue weighted by Gasteiger charge is -2.28. The monoisotopic (exact) mass is 296 g/mol. The van der Waals surface area contributed by atoms with Crippen molar-refractivity contribution < 1.29 is 4.74 Å². The number of piperidine rings is 1. The first-order valence-corrected chi connectivity index (χ1v) is 7.81. The normalized spacial score (nSPS) is 15.6. The first-order valence-electron chi connectivity index (χ1n) is 7.81. The van der Waals surface area contributed by atoms with E-state index in [-0.39, 0.29) is 0 Å². The first kappa shape index (κ1) is 13.4. The van der Waals surface area contributed by atoms with E-state index in [1.54, 1.807) is 13.4 Å². The Hall–Kier alpha value is -2.30. The molecule has 5 nitrogen and oxygen atoms in total. The fourth-order valence-corrected chi connectivity index (χ4v) is 3.46. The molecule has 0 saturated carbocycles. The van der Waals surface area contributed by atoms with Gasteiger partial charge < -0.3 is 14.2 Å². The average molecular weight is 296 g/mol. The highest BCUT2D eigenvalue weighted by atomic mass is 16.5. The maximum atomic E-state index is 5.36. The van der Waals surface area contributed by atoms with Crippen LogP contribution < -0.4 is 9.64 Å². The Balaban J connectivity index is 1.99. The van der Waals surface area contributed by atoms with Gasteiger partial charge in [0, 0.05) is 25.5 Å². The molecule has 0 unspecified atom stereocenters. The zero-order chi connectivity index (χ0) is 15.1. The van der Waals surface area contributed by atoms with Crippen LogP contribution in [0.3, 0.4) is 0 Å². The summed E-state index contributed by atoms with van der Waals surface area (Å²) < 4.78 is 7.57. The van der Waals surface area contributed by atoms with Crippen LogP contribution in [0.15, 0.2) is 24.5 Å². The van der Waals surface area contributed by atoms with E-state index in [0.717, 1.165) is 46.6 Å². The van der Waals surface area contributed by atoms with Crippen LogP contribution in [-0.4, -0.2) is 34.7 Å². The third kappa shape index (κ3) is 1.92. The van der Waals surface area contributed by atoms with E-state index in [4.69, 9.17) is 4.74 Å². The van der Waals surface area contributed by atoms with Crippen molar-refractivity contribution in [2.75, 3.05) is 25.1 Å². The van der Waals surface area contributed by atoms with Crippen LogP contribution in [0.1, 0.15) is 19.3 Å². The molecule has 0 aliphatic carbocycles. The maximum absolute atomic E-state index is 5.36. The Morgan fingerprint density at radius 1 is 1.09 bits per heavy atom. The number of rotatable bonds is 2. The molecule has 114 valence electrons. The molecule has 22 heavy (non-hydrogen) atoms. The maximum Gasteiger partial charge on any atom is 0.156 e. The molecule has 1 fully saturated rings. The van der Waals surface area contributed by atoms with Crippen LogP contribution >= 0.6 is 0 Å². The van der Waals surface area contributed by atoms with Crippen molar-refractivity contribution in [2.45, 2.75) is 19.3 Å². The predicted octanol–water partition coefficient (Wildman–Crippen LogP) is 3.12. The molecule has 0 radical (unpaired) electrons. The van der Waals surface area contributed by atoms with Gasteiger partial charge in [0.25, 0.3) is 0 Å². The van der Waals surface area contributed by atoms with Gasteiger partial charge in [-0.15, -0.1) is 0 Å². The average Bonchev–Trinajstić information content (AvgIpc) is 2.88. The Morgan fingerprint density at radius 3 is 2.68 bits per heavy atom. The lowest BCUT2D eigenvalue weighted by molar-refractivity contribution is 0.415. The van der Waals surface area contributed by atoms with Crippen molar-refractivity contribution in [1.82, 2.24) is 14.5 Å². The zero-order valence-corrected chi connectivity index (χ0v) is 13.0. The molecule has 1 aromatic carbocycles. The lowest BCUT2D eigenvalue weighted by Crippen LogP contribution is -2.30. The summed E-state index contributed by atoms with van der Waals surface area (Å²) in [5.41, 5.74) is 3.29. The molecule has 1 aliphatic heterocycles. The second-order valence-corrected chi connectivity index (χ2v) is 5.88. The van der Waals surface area contributed by atoms with Crippen molar-refractivity contribution in [2.24, 2.45) is 7.05 Å². The topological polar surface area (TPSA) is 43.2 Å². The van der Waals surface area contributed by atoms with E-state index in [1.807, 2.05) is 6.07 Å². The molecular weight excluding hydrogens is 276 g/mol. The molecule has 4 rings (SSSR count). The van der Waals surface area contributed by atoms with Gasteiger partial charge in [-0.2, -0.15) is 0 Å². The fraction of sp³-hybridized carbons (Fsp3) is 0.412. The van der Waals surface area contributed by atoms with Crippen LogP contribution in [-0.2, 0) is 7.05 Å². The van der Waals surface area contributed by atoms with Crippen molar-refractivity contribution in [3.05, 3.63) is 24.5 Å². The molecule has 0 amide bonds.